The topological polar surface area (TPSA) is 29.5 Å². The normalized spacial score (nSPS) is 16.8. The molecule has 0 saturated carbocycles. The van der Waals surface area contributed by atoms with Gasteiger partial charge in [-0.1, -0.05) is 60.7 Å². The molecule has 1 fully saturated rings. The van der Waals surface area contributed by atoms with E-state index in [1.807, 2.05) is 41.3 Å². The molecule has 0 aromatic heterocycles. The van der Waals surface area contributed by atoms with Crippen molar-refractivity contribution in [2.45, 2.75) is 25.4 Å². The predicted molar refractivity (Wildman–Crippen MR) is 95.6 cm³/mol. The number of rotatable bonds is 5. The minimum atomic E-state index is 0.123. The van der Waals surface area contributed by atoms with Crippen molar-refractivity contribution in [3.05, 3.63) is 71.8 Å². The first-order chi connectivity index (χ1) is 11.8. The molecule has 1 unspecified atom stereocenters. The Hall–Kier alpha value is -2.13. The van der Waals surface area contributed by atoms with E-state index < -0.39 is 0 Å². The van der Waals surface area contributed by atoms with Crippen LogP contribution in [-0.4, -0.2) is 31.0 Å². The Morgan fingerprint density at radius 3 is 2.21 bits per heavy atom. The standard InChI is InChI=1S/C21H25NO2/c1-24-21(18-10-6-3-7-11-18)19-12-14-22(15-13-19)20(23)16-17-8-4-2-5-9-17/h2-11,19,21H,12-16H2,1H3. The van der Waals surface area contributed by atoms with Gasteiger partial charge in [-0.05, 0) is 29.9 Å². The van der Waals surface area contributed by atoms with E-state index in [0.717, 1.165) is 31.5 Å². The fraction of sp³-hybridized carbons (Fsp3) is 0.381. The molecule has 1 atom stereocenters. The highest BCUT2D eigenvalue weighted by Gasteiger charge is 2.29. The number of amides is 1. The number of ether oxygens (including phenoxy) is 1. The number of piperidine rings is 1. The van der Waals surface area contributed by atoms with Crippen molar-refractivity contribution in [1.82, 2.24) is 4.90 Å². The third-order valence-electron chi connectivity index (χ3n) is 4.90. The van der Waals surface area contributed by atoms with Gasteiger partial charge in [0, 0.05) is 20.2 Å². The summed E-state index contributed by atoms with van der Waals surface area (Å²) in [6, 6.07) is 20.4. The number of hydrogen-bond acceptors (Lipinski definition) is 2. The fourth-order valence-electron chi connectivity index (χ4n) is 3.58. The molecule has 0 spiro atoms. The van der Waals surface area contributed by atoms with E-state index in [4.69, 9.17) is 4.74 Å². The molecule has 0 aliphatic carbocycles. The average Bonchev–Trinajstić information content (AvgIpc) is 2.65. The molecule has 3 rings (SSSR count). The van der Waals surface area contributed by atoms with Gasteiger partial charge in [0.15, 0.2) is 0 Å². The Morgan fingerprint density at radius 2 is 1.62 bits per heavy atom. The van der Waals surface area contributed by atoms with Crippen LogP contribution in [0.15, 0.2) is 60.7 Å². The zero-order valence-electron chi connectivity index (χ0n) is 14.2. The molecule has 3 heteroatoms. The van der Waals surface area contributed by atoms with Gasteiger partial charge < -0.3 is 9.64 Å². The zero-order valence-corrected chi connectivity index (χ0v) is 14.2. The maximum absolute atomic E-state index is 12.5. The summed E-state index contributed by atoms with van der Waals surface area (Å²) in [6.45, 7) is 1.64. The van der Waals surface area contributed by atoms with E-state index in [-0.39, 0.29) is 12.0 Å². The highest BCUT2D eigenvalue weighted by atomic mass is 16.5. The molecule has 3 nitrogen and oxygen atoms in total. The minimum Gasteiger partial charge on any atom is -0.376 e. The number of benzene rings is 2. The fourth-order valence-corrected chi connectivity index (χ4v) is 3.58. The molecular formula is C21H25NO2. The molecule has 0 bridgehead atoms. The van der Waals surface area contributed by atoms with Crippen molar-refractivity contribution in [3.8, 4) is 0 Å². The first kappa shape index (κ1) is 16.7. The lowest BCUT2D eigenvalue weighted by molar-refractivity contribution is -0.132. The second kappa shape index (κ2) is 8.11. The van der Waals surface area contributed by atoms with Gasteiger partial charge >= 0.3 is 0 Å². The van der Waals surface area contributed by atoms with Gasteiger partial charge in [0.25, 0.3) is 0 Å². The number of carbonyl (C=O) groups excluding carboxylic acids is 1. The van der Waals surface area contributed by atoms with Crippen LogP contribution < -0.4 is 0 Å². The maximum atomic E-state index is 12.5. The van der Waals surface area contributed by atoms with E-state index in [2.05, 4.69) is 24.3 Å². The van der Waals surface area contributed by atoms with Crippen LogP contribution >= 0.6 is 0 Å². The Labute approximate surface area is 144 Å². The van der Waals surface area contributed by atoms with Gasteiger partial charge in [-0.2, -0.15) is 0 Å². The highest BCUT2D eigenvalue weighted by Crippen LogP contribution is 2.33. The van der Waals surface area contributed by atoms with Crippen molar-refractivity contribution >= 4 is 5.91 Å². The second-order valence-electron chi connectivity index (χ2n) is 6.45. The number of methoxy groups -OCH3 is 1. The summed E-state index contributed by atoms with van der Waals surface area (Å²) in [5.41, 5.74) is 2.32. The monoisotopic (exact) mass is 323 g/mol. The number of likely N-dealkylation sites (tertiary alicyclic amines) is 1. The molecule has 24 heavy (non-hydrogen) atoms. The summed E-state index contributed by atoms with van der Waals surface area (Å²) in [5.74, 6) is 0.700. The van der Waals surface area contributed by atoms with Gasteiger partial charge in [-0.15, -0.1) is 0 Å². The van der Waals surface area contributed by atoms with Crippen LogP contribution in [0.1, 0.15) is 30.1 Å². The van der Waals surface area contributed by atoms with E-state index >= 15 is 0 Å². The SMILES string of the molecule is COC(c1ccccc1)C1CCN(C(=O)Cc2ccccc2)CC1. The van der Waals surface area contributed by atoms with Gasteiger partial charge in [-0.25, -0.2) is 0 Å². The highest BCUT2D eigenvalue weighted by molar-refractivity contribution is 5.78. The van der Waals surface area contributed by atoms with Crippen LogP contribution in [0, 0.1) is 5.92 Å². The van der Waals surface area contributed by atoms with E-state index in [1.165, 1.54) is 5.56 Å². The first-order valence-electron chi connectivity index (χ1n) is 8.67. The quantitative estimate of drug-likeness (QED) is 0.836. The molecule has 2 aromatic rings. The number of carbonyl (C=O) groups is 1. The van der Waals surface area contributed by atoms with E-state index in [1.54, 1.807) is 7.11 Å². The predicted octanol–water partition coefficient (Wildman–Crippen LogP) is 3.86. The van der Waals surface area contributed by atoms with Gasteiger partial charge in [0.05, 0.1) is 12.5 Å². The van der Waals surface area contributed by atoms with Crippen molar-refractivity contribution < 1.29 is 9.53 Å². The van der Waals surface area contributed by atoms with Crippen LogP contribution in [0.3, 0.4) is 0 Å². The first-order valence-corrected chi connectivity index (χ1v) is 8.67. The van der Waals surface area contributed by atoms with Crippen molar-refractivity contribution in [2.24, 2.45) is 5.92 Å². The van der Waals surface area contributed by atoms with Crippen LogP contribution in [0.5, 0.6) is 0 Å². The largest absolute Gasteiger partial charge is 0.376 e. The summed E-state index contributed by atoms with van der Waals surface area (Å²) < 4.78 is 5.76. The Balaban J connectivity index is 1.56. The third kappa shape index (κ3) is 4.04. The van der Waals surface area contributed by atoms with Crippen molar-refractivity contribution in [1.29, 1.82) is 0 Å². The average molecular weight is 323 g/mol. The summed E-state index contributed by atoms with van der Waals surface area (Å²) in [5, 5.41) is 0. The summed E-state index contributed by atoms with van der Waals surface area (Å²) in [7, 11) is 1.78. The molecule has 1 saturated heterocycles. The summed E-state index contributed by atoms with van der Waals surface area (Å²) in [6.07, 6.45) is 2.61. The minimum absolute atomic E-state index is 0.123. The summed E-state index contributed by atoms with van der Waals surface area (Å²) >= 11 is 0. The molecule has 2 aromatic carbocycles. The number of nitrogens with zero attached hydrogens (tertiary/aromatic N) is 1. The molecule has 126 valence electrons. The van der Waals surface area contributed by atoms with Crippen LogP contribution in [-0.2, 0) is 16.0 Å². The molecule has 1 heterocycles. The Kier molecular flexibility index (Phi) is 5.65. The van der Waals surface area contributed by atoms with Gasteiger partial charge in [0.2, 0.25) is 5.91 Å². The third-order valence-corrected chi connectivity index (χ3v) is 4.90. The van der Waals surface area contributed by atoms with Crippen molar-refractivity contribution in [3.63, 3.8) is 0 Å². The molecule has 1 aliphatic rings. The second-order valence-corrected chi connectivity index (χ2v) is 6.45. The summed E-state index contributed by atoms with van der Waals surface area (Å²) in [4.78, 5) is 14.5. The van der Waals surface area contributed by atoms with E-state index in [9.17, 15) is 4.79 Å². The zero-order chi connectivity index (χ0) is 16.8. The van der Waals surface area contributed by atoms with E-state index in [0.29, 0.717) is 12.3 Å². The molecule has 1 amide bonds. The van der Waals surface area contributed by atoms with Crippen LogP contribution in [0.25, 0.3) is 0 Å². The Morgan fingerprint density at radius 1 is 1.04 bits per heavy atom. The molecule has 0 radical (unpaired) electrons. The molecule has 0 N–H and O–H groups in total. The lowest BCUT2D eigenvalue weighted by Crippen LogP contribution is -2.40. The molecule has 1 aliphatic heterocycles. The molecular weight excluding hydrogens is 298 g/mol. The van der Waals surface area contributed by atoms with Crippen LogP contribution in [0.4, 0.5) is 0 Å². The van der Waals surface area contributed by atoms with Crippen LogP contribution in [0.2, 0.25) is 0 Å². The number of hydrogen-bond donors (Lipinski definition) is 0. The van der Waals surface area contributed by atoms with Crippen molar-refractivity contribution in [2.75, 3.05) is 20.2 Å². The Bertz CT molecular complexity index is 633. The lowest BCUT2D eigenvalue weighted by atomic mass is 9.87. The maximum Gasteiger partial charge on any atom is 0.226 e. The van der Waals surface area contributed by atoms with Gasteiger partial charge in [-0.3, -0.25) is 4.79 Å². The van der Waals surface area contributed by atoms with Gasteiger partial charge in [0.1, 0.15) is 0 Å². The lowest BCUT2D eigenvalue weighted by Gasteiger charge is -2.35. The smallest absolute Gasteiger partial charge is 0.226 e.